The number of fused-ring (bicyclic) bond motifs is 1. The molecule has 15 heterocycles. The quantitative estimate of drug-likeness (QED) is 0.0182. The SMILES string of the molecule is Cc1cn([C@H]2C[C@@H](OP(O)(=S)OC[C@H]3O[C@@H](n4cc(C)c(=O)[nH]c4=O)C[C@H]3OP(=O)(S)OC[C@H]3O[C@@H](n4cc(C)c(=O)[nH]c4=O)C[C@H]3OP(O)(=S)OC[C@H]3O[C@@H](n4cc(C)c(=O)[nH]c4=O)C[C@H]3OP(O)(=S)OC[C@H]3O[C@@H](n4cnc5c(N)ncnc54)C[C@H]3OP(O)(=S)OC[C@H]3O[C@@H](n4cc(C)c(=O)[nH]c4=O)C[C@H]3OP(O)(=S)OC[C@H]3O[C@@H](n4cc(C)c(N)nc4=O)C[C@H]3OP(O)(O)=S)[C@@H](C)O2)c(=O)nc1N. The molecule has 0 radical (unpaired) electrons. The first kappa shape index (κ1) is 109. The zero-order valence-corrected chi connectivity index (χ0v) is 86.4. The third-order valence-corrected chi connectivity index (χ3v) is 33.6. The summed E-state index contributed by atoms with van der Waals surface area (Å²) >= 11 is 36.9. The lowest BCUT2D eigenvalue weighted by Crippen LogP contribution is -2.33. The molecule has 0 aromatic carbocycles. The van der Waals surface area contributed by atoms with Gasteiger partial charge in [-0.1, -0.05) is 12.2 Å². The second kappa shape index (κ2) is 43.6. The Balaban J connectivity index is 0.634. The average molecular weight is 2250 g/mol. The van der Waals surface area contributed by atoms with Crippen molar-refractivity contribution in [1.82, 2.24) is 76.8 Å². The lowest BCUT2D eigenvalue weighted by Gasteiger charge is -2.28. The summed E-state index contributed by atoms with van der Waals surface area (Å²) in [5.74, 6) is -0.0955. The summed E-state index contributed by atoms with van der Waals surface area (Å²) in [6.07, 6.45) is -20.3. The van der Waals surface area contributed by atoms with Crippen LogP contribution in [-0.4, -0.2) is 236 Å². The van der Waals surface area contributed by atoms with E-state index in [0.717, 1.165) is 41.6 Å². The van der Waals surface area contributed by atoms with Crippen molar-refractivity contribution in [2.45, 2.75) is 222 Å². The van der Waals surface area contributed by atoms with E-state index >= 15 is 0 Å². The summed E-state index contributed by atoms with van der Waals surface area (Å²) in [6, 6.07) is 0. The molecule has 6 unspecified atom stereocenters. The molecule has 7 fully saturated rings. The van der Waals surface area contributed by atoms with Gasteiger partial charge in [0.15, 0.2) is 11.5 Å². The molecule has 0 aliphatic carbocycles. The van der Waals surface area contributed by atoms with Crippen LogP contribution in [0.1, 0.15) is 129 Å². The number of nitrogens with zero attached hydrogens (tertiary/aromatic N) is 12. The number of H-pyrrole nitrogens is 4. The smallest absolute Gasteiger partial charge is 0.383 e. The minimum atomic E-state index is -4.82. The van der Waals surface area contributed by atoms with E-state index in [0.29, 0.717) is 11.1 Å². The number of hydrogen-bond acceptors (Lipinski definition) is 45. The van der Waals surface area contributed by atoms with E-state index in [4.69, 9.17) is 180 Å². The van der Waals surface area contributed by atoms with Crippen LogP contribution < -0.4 is 73.6 Å². The van der Waals surface area contributed by atoms with Crippen LogP contribution in [-0.2, 0) is 167 Å². The fourth-order valence-corrected chi connectivity index (χ4v) is 26.0. The van der Waals surface area contributed by atoms with Crippen molar-refractivity contribution < 1.29 is 131 Å². The predicted octanol–water partition coefficient (Wildman–Crippen LogP) is 0.297. The minimum Gasteiger partial charge on any atom is -0.383 e. The van der Waals surface area contributed by atoms with Crippen molar-refractivity contribution in [2.75, 3.05) is 56.8 Å². The Morgan fingerprint density at radius 2 is 0.624 bits per heavy atom. The van der Waals surface area contributed by atoms with E-state index in [-0.39, 0.29) is 83.0 Å². The van der Waals surface area contributed by atoms with E-state index in [9.17, 15) is 86.8 Å². The number of anilines is 3. The molecular formula is C70H94N19O38P7S7. The number of aromatic amines is 4. The molecule has 8 aromatic heterocycles. The van der Waals surface area contributed by atoms with Crippen molar-refractivity contribution in [2.24, 2.45) is 0 Å². The maximum Gasteiger partial charge on any atom is 0.386 e. The van der Waals surface area contributed by atoms with E-state index < -0.39 is 285 Å². The van der Waals surface area contributed by atoms with E-state index in [1.165, 1.54) is 67.9 Å². The topological polar surface area (TPSA) is 754 Å². The average Bonchev–Trinajstić information content (AvgIpc) is 1.63. The van der Waals surface area contributed by atoms with Gasteiger partial charge in [-0.2, -0.15) is 9.97 Å². The van der Waals surface area contributed by atoms with Gasteiger partial charge in [0.1, 0.15) is 110 Å². The molecule has 7 aliphatic heterocycles. The summed E-state index contributed by atoms with van der Waals surface area (Å²) in [4.78, 5) is 240. The van der Waals surface area contributed by atoms with Gasteiger partial charge < -0.3 is 134 Å². The highest BCUT2D eigenvalue weighted by atomic mass is 32.7. The molecule has 0 saturated carbocycles. The molecule has 57 nitrogen and oxygen atoms in total. The minimum absolute atomic E-state index is 0.00760. The zero-order chi connectivity index (χ0) is 102. The summed E-state index contributed by atoms with van der Waals surface area (Å²) in [5.41, 5.74) is 10.7. The van der Waals surface area contributed by atoms with Crippen LogP contribution in [0.2, 0.25) is 0 Å². The van der Waals surface area contributed by atoms with E-state index in [1.54, 1.807) is 20.8 Å². The van der Waals surface area contributed by atoms with E-state index in [1.807, 2.05) is 0 Å². The van der Waals surface area contributed by atoms with Gasteiger partial charge >= 0.3 is 81.2 Å². The highest BCUT2D eigenvalue weighted by Crippen LogP contribution is 2.60. The molecular weight excluding hydrogens is 2160 g/mol. The molecule has 7 saturated heterocycles. The molecule has 0 amide bonds. The van der Waals surface area contributed by atoms with Crippen molar-refractivity contribution in [3.8, 4) is 0 Å². The standard InChI is InChI=1S/C70H94N19O38P7S7/c1-29-15-83(65(94)77-57(29)71)49-8-36(35(7)114-49)122-129(102,136)108-22-44-38(10-51(116-44)85-17-31(3)61(90)79-67(85)96)124-131(104,138)110-23-45-40(12-53(117-45)87-19-33(5)63(92)81-69(87)98)125-132(105,139)111-24-46-41(13-54(118-46)88-20-34(6)64(93)82-70(88)99)126-133(106,140)113-26-48-42(14-55(120-48)89-28-76-56-59(73)74-27-75-60(56)89)127-134(107,141)112-25-47-39(11-52(119-47)86-18-32(4)62(91)80-68(86)97)123-130(103,137)109-21-43-37(121-128(100,101)135)9-50(115-43)84-16-30(2)58(72)78-66(84)95/h15-20,27-28,35-55H,8-14,21-26H2,1-7H3,(H,102,136)(H,103,137)(H,104,138)(H,105,139)(H,106,140)(H,107,141)(H2,71,77,94)(H2,72,78,95)(H2,73,74,75)(H,79,90,96)(H,80,91,97)(H,81,92,98)(H,82,93,99)(H2,100,101,135)/t35-,36-,37-,38-,39-,40-,41-,42-,43-,44-,45-,46-,47-,48-,49-,50-,51-,52-,53-,54-,55-,129?,130?,131?,132?,133?,134?/m1/s1. The Bertz CT molecular complexity index is 7130. The Hall–Kier alpha value is -6.17. The van der Waals surface area contributed by atoms with E-state index in [2.05, 4.69) is 57.1 Å². The molecule has 7 aliphatic rings. The van der Waals surface area contributed by atoms with Crippen molar-refractivity contribution in [3.05, 3.63) is 188 Å². The molecule has 27 atom stereocenters. The maximum absolute atomic E-state index is 14.8. The van der Waals surface area contributed by atoms with Gasteiger partial charge in [-0.05, 0) is 119 Å². The van der Waals surface area contributed by atoms with Gasteiger partial charge in [0.05, 0.1) is 88.7 Å². The molecule has 0 bridgehead atoms. The predicted molar refractivity (Wildman–Crippen MR) is 512 cm³/mol. The third-order valence-electron chi connectivity index (χ3n) is 23.2. The third kappa shape index (κ3) is 26.6. The normalized spacial score (nSPS) is 29.7. The van der Waals surface area contributed by atoms with Gasteiger partial charge in [-0.15, -0.1) is 0 Å². The van der Waals surface area contributed by atoms with Gasteiger partial charge in [0.2, 0.25) is 0 Å². The highest BCUT2D eigenvalue weighted by molar-refractivity contribution is 8.44. The molecule has 17 N–H and O–H groups in total. The number of imidazole rings is 1. The van der Waals surface area contributed by atoms with Crippen LogP contribution in [0.5, 0.6) is 0 Å². The fourth-order valence-electron chi connectivity index (χ4n) is 16.1. The molecule has 141 heavy (non-hydrogen) atoms. The van der Waals surface area contributed by atoms with Crippen LogP contribution in [0.25, 0.3) is 11.2 Å². The Morgan fingerprint density at radius 1 is 0.362 bits per heavy atom. The second-order valence-electron chi connectivity index (χ2n) is 33.3. The van der Waals surface area contributed by atoms with Gasteiger partial charge in [-0.25, -0.2) is 48.3 Å². The summed E-state index contributed by atoms with van der Waals surface area (Å²) in [7, 11) is 0. The molecule has 0 spiro atoms. The Labute approximate surface area is 827 Å². The van der Waals surface area contributed by atoms with Crippen molar-refractivity contribution >= 4 is 159 Å². The Morgan fingerprint density at radius 3 is 0.943 bits per heavy atom. The largest absolute Gasteiger partial charge is 0.386 e. The number of aryl methyl sites for hydroxylation is 6. The first-order valence-corrected chi connectivity index (χ1v) is 60.4. The maximum atomic E-state index is 14.8. The Kier molecular flexibility index (Phi) is 33.7. The lowest BCUT2D eigenvalue weighted by molar-refractivity contribution is -0.0572. The molecule has 15 rings (SSSR count). The molecule has 774 valence electrons. The number of aromatic nitrogens is 16. The van der Waals surface area contributed by atoms with Gasteiger partial charge in [-0.3, -0.25) is 80.1 Å². The van der Waals surface area contributed by atoms with Crippen LogP contribution in [0, 0.1) is 41.5 Å². The van der Waals surface area contributed by atoms with Crippen LogP contribution in [0.15, 0.2) is 97.8 Å². The van der Waals surface area contributed by atoms with Crippen molar-refractivity contribution in [1.29, 1.82) is 0 Å². The van der Waals surface area contributed by atoms with Crippen molar-refractivity contribution in [3.63, 3.8) is 0 Å². The summed E-state index contributed by atoms with van der Waals surface area (Å²) in [6.45, 7) is -26.8. The second-order valence-corrected chi connectivity index (χ2v) is 52.7. The van der Waals surface area contributed by atoms with Crippen LogP contribution in [0.3, 0.4) is 0 Å². The number of ether oxygens (including phenoxy) is 7. The monoisotopic (exact) mass is 2250 g/mol. The summed E-state index contributed by atoms with van der Waals surface area (Å²) < 4.78 is 143. The first-order chi connectivity index (χ1) is 66.0. The molecule has 71 heteroatoms. The number of nitrogens with one attached hydrogen (secondary N) is 4. The lowest BCUT2D eigenvalue weighted by atomic mass is 10.2. The number of hydrogen-bond donors (Lipinski definition) is 15. The fraction of sp³-hybridized carbons (Fsp3) is 0.586. The summed E-state index contributed by atoms with van der Waals surface area (Å²) in [5, 5.41) is 0. The first-order valence-electron chi connectivity index (χ1n) is 42.2. The number of nitrogens with two attached hydrogens (primary N) is 3. The van der Waals surface area contributed by atoms with Crippen LogP contribution in [0.4, 0.5) is 17.5 Å². The van der Waals surface area contributed by atoms with Crippen LogP contribution >= 0.6 is 59.4 Å². The van der Waals surface area contributed by atoms with Gasteiger partial charge in [0.25, 0.3) is 22.2 Å². The number of thiol groups is 1. The molecule has 8 aromatic rings. The number of rotatable bonds is 39. The zero-order valence-electron chi connectivity index (χ0n) is 74.3. The highest BCUT2D eigenvalue weighted by Gasteiger charge is 2.52. The van der Waals surface area contributed by atoms with Gasteiger partial charge in [0, 0.05) is 116 Å². The number of nitrogen functional groups attached to an aromatic ring is 3.